The van der Waals surface area contributed by atoms with Gasteiger partial charge in [-0.1, -0.05) is 29.3 Å². The van der Waals surface area contributed by atoms with Gasteiger partial charge in [0.15, 0.2) is 0 Å². The zero-order valence-corrected chi connectivity index (χ0v) is 21.6. The first-order chi connectivity index (χ1) is 17.6. The van der Waals surface area contributed by atoms with Gasteiger partial charge >= 0.3 is 5.97 Å². The van der Waals surface area contributed by atoms with E-state index >= 15 is 0 Å². The number of aromatic nitrogens is 1. The number of carbonyl (C=O) groups is 1. The molecule has 37 heavy (non-hydrogen) atoms. The van der Waals surface area contributed by atoms with Gasteiger partial charge in [-0.2, -0.15) is 0 Å². The number of carboxylic acids is 1. The monoisotopic (exact) mass is 573 g/mol. The Balaban J connectivity index is 1.85. The standard InChI is InChI=1S/C28H23BrF3NO4/c1-3-4-16-9-27(37-14-21-23(31)10-17(30)11-24(21)32)19(13-22(16)29)25-7-5-15(2)33(25)18-6-8-26(34)20(12-18)28(35)36/h5-13,34H,3-4,14H2,1-2H3,(H,35,36). The van der Waals surface area contributed by atoms with Crippen LogP contribution in [0.25, 0.3) is 16.9 Å². The van der Waals surface area contributed by atoms with Crippen LogP contribution in [0.4, 0.5) is 13.2 Å². The third-order valence-corrected chi connectivity index (χ3v) is 6.70. The van der Waals surface area contributed by atoms with Crippen LogP contribution < -0.4 is 4.74 Å². The molecule has 0 atom stereocenters. The number of halogens is 4. The largest absolute Gasteiger partial charge is 0.507 e. The van der Waals surface area contributed by atoms with Crippen LogP contribution in [0.5, 0.6) is 11.5 Å². The number of rotatable bonds is 8. The summed E-state index contributed by atoms with van der Waals surface area (Å²) in [6.45, 7) is 3.38. The number of nitrogens with zero attached hydrogens (tertiary/aromatic N) is 1. The van der Waals surface area contributed by atoms with Crippen molar-refractivity contribution in [2.45, 2.75) is 33.3 Å². The molecule has 0 aliphatic carbocycles. The second kappa shape index (κ2) is 10.7. The molecule has 4 aromatic rings. The molecule has 0 bridgehead atoms. The van der Waals surface area contributed by atoms with Crippen molar-refractivity contribution in [1.29, 1.82) is 0 Å². The van der Waals surface area contributed by atoms with Crippen molar-refractivity contribution in [3.63, 3.8) is 0 Å². The number of hydrogen-bond donors (Lipinski definition) is 2. The van der Waals surface area contributed by atoms with Crippen molar-refractivity contribution in [3.05, 3.63) is 98.9 Å². The number of aromatic carboxylic acids is 1. The van der Waals surface area contributed by atoms with Crippen LogP contribution in [0.2, 0.25) is 0 Å². The molecule has 0 unspecified atom stereocenters. The number of carboxylic acid groups (broad SMARTS) is 1. The summed E-state index contributed by atoms with van der Waals surface area (Å²) in [5.74, 6) is -4.40. The molecule has 1 aromatic heterocycles. The summed E-state index contributed by atoms with van der Waals surface area (Å²) in [6, 6.07) is 12.7. The SMILES string of the molecule is CCCc1cc(OCc2c(F)cc(F)cc2F)c(-c2ccc(C)n2-c2ccc(O)c(C(=O)O)c2)cc1Br. The smallest absolute Gasteiger partial charge is 0.339 e. The maximum absolute atomic E-state index is 14.3. The lowest BCUT2D eigenvalue weighted by Gasteiger charge is -2.18. The first-order valence-corrected chi connectivity index (χ1v) is 12.2. The van der Waals surface area contributed by atoms with Gasteiger partial charge in [-0.25, -0.2) is 18.0 Å². The van der Waals surface area contributed by atoms with Crippen LogP contribution in [0.1, 0.15) is 40.5 Å². The molecule has 192 valence electrons. The molecule has 2 N–H and O–H groups in total. The molecule has 9 heteroatoms. The number of benzene rings is 3. The Morgan fingerprint density at radius 2 is 1.73 bits per heavy atom. The van der Waals surface area contributed by atoms with Gasteiger partial charge in [-0.15, -0.1) is 0 Å². The number of hydrogen-bond acceptors (Lipinski definition) is 3. The first kappa shape index (κ1) is 26.3. The van der Waals surface area contributed by atoms with Crippen molar-refractivity contribution in [2.24, 2.45) is 0 Å². The summed E-state index contributed by atoms with van der Waals surface area (Å²) in [4.78, 5) is 11.6. The third kappa shape index (κ3) is 5.36. The normalized spacial score (nSPS) is 11.1. The number of ether oxygens (including phenoxy) is 1. The zero-order chi connectivity index (χ0) is 26.9. The summed E-state index contributed by atoms with van der Waals surface area (Å²) in [5.41, 5.74) is 2.73. The molecule has 0 radical (unpaired) electrons. The fourth-order valence-electron chi connectivity index (χ4n) is 4.16. The molecule has 4 rings (SSSR count). The lowest BCUT2D eigenvalue weighted by atomic mass is 10.0. The van der Waals surface area contributed by atoms with Crippen LogP contribution in [0, 0.1) is 24.4 Å². The van der Waals surface area contributed by atoms with E-state index in [4.69, 9.17) is 4.74 Å². The van der Waals surface area contributed by atoms with E-state index < -0.39 is 35.6 Å². The Morgan fingerprint density at radius 3 is 2.38 bits per heavy atom. The Kier molecular flexibility index (Phi) is 7.63. The van der Waals surface area contributed by atoms with Crippen LogP contribution in [-0.2, 0) is 13.0 Å². The average Bonchev–Trinajstić information content (AvgIpc) is 3.21. The van der Waals surface area contributed by atoms with Crippen molar-refractivity contribution in [2.75, 3.05) is 0 Å². The van der Waals surface area contributed by atoms with Gasteiger partial charge in [-0.3, -0.25) is 0 Å². The molecule has 5 nitrogen and oxygen atoms in total. The van der Waals surface area contributed by atoms with E-state index in [1.807, 2.05) is 32.0 Å². The van der Waals surface area contributed by atoms with E-state index in [1.165, 1.54) is 12.1 Å². The summed E-state index contributed by atoms with van der Waals surface area (Å²) in [6.07, 6.45) is 1.57. The molecule has 0 saturated heterocycles. The highest BCUT2D eigenvalue weighted by atomic mass is 79.9. The lowest BCUT2D eigenvalue weighted by Crippen LogP contribution is -2.06. The Morgan fingerprint density at radius 1 is 1.03 bits per heavy atom. The van der Waals surface area contributed by atoms with E-state index in [9.17, 15) is 28.2 Å². The highest BCUT2D eigenvalue weighted by Gasteiger charge is 2.20. The van der Waals surface area contributed by atoms with Crippen molar-refractivity contribution in [1.82, 2.24) is 4.57 Å². The predicted octanol–water partition coefficient (Wildman–Crippen LogP) is 7.57. The Bertz CT molecular complexity index is 1480. The van der Waals surface area contributed by atoms with E-state index in [1.54, 1.807) is 16.7 Å². The Hall–Kier alpha value is -3.72. The quantitative estimate of drug-likeness (QED) is 0.228. The highest BCUT2D eigenvalue weighted by molar-refractivity contribution is 9.10. The van der Waals surface area contributed by atoms with Gasteiger partial charge in [-0.05, 0) is 61.4 Å². The van der Waals surface area contributed by atoms with Crippen molar-refractivity contribution >= 4 is 21.9 Å². The van der Waals surface area contributed by atoms with Gasteiger partial charge in [0.1, 0.15) is 41.1 Å². The average molecular weight is 574 g/mol. The van der Waals surface area contributed by atoms with Crippen LogP contribution in [-0.4, -0.2) is 20.7 Å². The van der Waals surface area contributed by atoms with E-state index in [0.29, 0.717) is 34.8 Å². The predicted molar refractivity (Wildman–Crippen MR) is 137 cm³/mol. The van der Waals surface area contributed by atoms with Crippen LogP contribution in [0.15, 0.2) is 59.1 Å². The molecule has 0 spiro atoms. The highest BCUT2D eigenvalue weighted by Crippen LogP contribution is 2.39. The third-order valence-electron chi connectivity index (χ3n) is 5.97. The molecule has 0 amide bonds. The molecule has 0 aliphatic heterocycles. The maximum Gasteiger partial charge on any atom is 0.339 e. The van der Waals surface area contributed by atoms with Gasteiger partial charge in [0.2, 0.25) is 0 Å². The summed E-state index contributed by atoms with van der Waals surface area (Å²) in [5, 5.41) is 19.4. The fourth-order valence-corrected chi connectivity index (χ4v) is 4.70. The second-order valence-electron chi connectivity index (χ2n) is 8.53. The van der Waals surface area contributed by atoms with E-state index in [0.717, 1.165) is 28.6 Å². The van der Waals surface area contributed by atoms with Gasteiger partial charge in [0, 0.05) is 33.6 Å². The van der Waals surface area contributed by atoms with Crippen molar-refractivity contribution < 1.29 is 32.9 Å². The summed E-state index contributed by atoms with van der Waals surface area (Å²) >= 11 is 3.60. The molecular weight excluding hydrogens is 551 g/mol. The molecule has 3 aromatic carbocycles. The Labute approximate surface area is 219 Å². The van der Waals surface area contributed by atoms with Crippen LogP contribution in [0.3, 0.4) is 0 Å². The zero-order valence-electron chi connectivity index (χ0n) is 20.0. The maximum atomic E-state index is 14.3. The minimum Gasteiger partial charge on any atom is -0.507 e. The molecule has 0 saturated carbocycles. The number of aryl methyl sites for hydroxylation is 2. The minimum atomic E-state index is -1.27. The molecular formula is C28H23BrF3NO4. The molecule has 1 heterocycles. The molecule has 0 fully saturated rings. The van der Waals surface area contributed by atoms with E-state index in [2.05, 4.69) is 15.9 Å². The topological polar surface area (TPSA) is 71.7 Å². The van der Waals surface area contributed by atoms with Gasteiger partial charge in [0.05, 0.1) is 11.3 Å². The lowest BCUT2D eigenvalue weighted by molar-refractivity contribution is 0.0693. The van der Waals surface area contributed by atoms with E-state index in [-0.39, 0.29) is 11.3 Å². The molecule has 0 aliphatic rings. The van der Waals surface area contributed by atoms with Crippen LogP contribution >= 0.6 is 15.9 Å². The number of aromatic hydroxyl groups is 1. The van der Waals surface area contributed by atoms with Gasteiger partial charge in [0.25, 0.3) is 0 Å². The van der Waals surface area contributed by atoms with Crippen molar-refractivity contribution in [3.8, 4) is 28.4 Å². The first-order valence-electron chi connectivity index (χ1n) is 11.4. The summed E-state index contributed by atoms with van der Waals surface area (Å²) in [7, 11) is 0. The number of phenols is 1. The fraction of sp³-hybridized carbons (Fsp3) is 0.179. The summed E-state index contributed by atoms with van der Waals surface area (Å²) < 4.78 is 50.5. The van der Waals surface area contributed by atoms with Gasteiger partial charge < -0.3 is 19.5 Å². The minimum absolute atomic E-state index is 0.255. The second-order valence-corrected chi connectivity index (χ2v) is 9.38.